The average Bonchev–Trinajstić information content (AvgIpc) is 2.29. The Kier molecular flexibility index (Phi) is 4.51. The third-order valence-corrected chi connectivity index (χ3v) is 2.82. The maximum absolute atomic E-state index is 11.6. The van der Waals surface area contributed by atoms with Gasteiger partial charge in [-0.15, -0.1) is 6.58 Å². The van der Waals surface area contributed by atoms with E-state index >= 15 is 0 Å². The number of carboxylic acids is 1. The zero-order valence-electron chi connectivity index (χ0n) is 9.86. The van der Waals surface area contributed by atoms with Crippen LogP contribution in [0, 0.1) is 0 Å². The molecule has 1 aliphatic heterocycles. The van der Waals surface area contributed by atoms with E-state index in [1.807, 2.05) is 0 Å². The van der Waals surface area contributed by atoms with Crippen LogP contribution in [-0.2, 0) is 9.53 Å². The first-order valence-corrected chi connectivity index (χ1v) is 5.52. The lowest BCUT2D eigenvalue weighted by Gasteiger charge is -2.34. The number of hydrogen-bond donors (Lipinski definition) is 3. The van der Waals surface area contributed by atoms with E-state index in [0.717, 1.165) is 0 Å². The fraction of sp³-hybridized carbons (Fsp3) is 0.636. The van der Waals surface area contributed by atoms with Gasteiger partial charge < -0.3 is 20.5 Å². The smallest absolute Gasteiger partial charge is 0.329 e. The van der Waals surface area contributed by atoms with Gasteiger partial charge in [0.2, 0.25) is 0 Å². The predicted octanol–water partition coefficient (Wildman–Crippen LogP) is 0.494. The number of aliphatic carboxylic acids is 1. The van der Waals surface area contributed by atoms with E-state index in [9.17, 15) is 14.7 Å². The van der Waals surface area contributed by atoms with Gasteiger partial charge in [0.05, 0.1) is 0 Å². The highest BCUT2D eigenvalue weighted by molar-refractivity contribution is 5.86. The third kappa shape index (κ3) is 3.45. The molecule has 96 valence electrons. The highest BCUT2D eigenvalue weighted by atomic mass is 16.5. The topological polar surface area (TPSA) is 87.7 Å². The van der Waals surface area contributed by atoms with E-state index < -0.39 is 17.5 Å². The van der Waals surface area contributed by atoms with Crippen molar-refractivity contribution >= 4 is 12.0 Å². The molecule has 0 bridgehead atoms. The van der Waals surface area contributed by atoms with Gasteiger partial charge in [-0.2, -0.15) is 0 Å². The third-order valence-electron chi connectivity index (χ3n) is 2.82. The number of urea groups is 1. The number of carbonyl (C=O) groups is 2. The number of carboxylic acid groups (broad SMARTS) is 1. The quantitative estimate of drug-likeness (QED) is 0.626. The minimum Gasteiger partial charge on any atom is -0.480 e. The maximum atomic E-state index is 11.6. The van der Waals surface area contributed by atoms with E-state index in [-0.39, 0.29) is 18.9 Å². The van der Waals surface area contributed by atoms with Gasteiger partial charge in [-0.3, -0.25) is 0 Å². The predicted molar refractivity (Wildman–Crippen MR) is 61.7 cm³/mol. The van der Waals surface area contributed by atoms with E-state index in [2.05, 4.69) is 17.2 Å². The molecule has 1 saturated heterocycles. The van der Waals surface area contributed by atoms with Crippen molar-refractivity contribution in [3.05, 3.63) is 12.7 Å². The van der Waals surface area contributed by atoms with Crippen molar-refractivity contribution in [1.82, 2.24) is 10.6 Å². The zero-order chi connectivity index (χ0) is 12.9. The summed E-state index contributed by atoms with van der Waals surface area (Å²) in [6.07, 6.45) is 2.12. The number of carbonyl (C=O) groups excluding carboxylic acids is 1. The van der Waals surface area contributed by atoms with Crippen LogP contribution in [0.5, 0.6) is 0 Å². The molecule has 6 heteroatoms. The van der Waals surface area contributed by atoms with E-state index in [1.165, 1.54) is 0 Å². The number of hydrogen-bond acceptors (Lipinski definition) is 3. The van der Waals surface area contributed by atoms with Crippen LogP contribution in [0.2, 0.25) is 0 Å². The molecule has 0 aromatic rings. The molecule has 1 atom stereocenters. The molecule has 1 fully saturated rings. The highest BCUT2D eigenvalue weighted by Crippen LogP contribution is 2.20. The van der Waals surface area contributed by atoms with Gasteiger partial charge in [0.15, 0.2) is 0 Å². The molecule has 6 nitrogen and oxygen atoms in total. The number of nitrogens with one attached hydrogen (secondary N) is 2. The Morgan fingerprint density at radius 2 is 2.06 bits per heavy atom. The molecule has 0 aromatic carbocycles. The highest BCUT2D eigenvalue weighted by Gasteiger charge is 2.41. The molecule has 17 heavy (non-hydrogen) atoms. The molecular formula is C11H18N2O4. The number of rotatable bonds is 4. The van der Waals surface area contributed by atoms with Crippen molar-refractivity contribution in [2.45, 2.75) is 31.3 Å². The van der Waals surface area contributed by atoms with Crippen LogP contribution in [0.25, 0.3) is 0 Å². The number of ether oxygens (including phenoxy) is 1. The van der Waals surface area contributed by atoms with Crippen LogP contribution in [0.3, 0.4) is 0 Å². The van der Waals surface area contributed by atoms with Gasteiger partial charge in [0.1, 0.15) is 5.54 Å². The Morgan fingerprint density at radius 1 is 1.47 bits per heavy atom. The normalized spacial score (nSPS) is 20.1. The Morgan fingerprint density at radius 3 is 2.53 bits per heavy atom. The SMILES string of the molecule is C=CC(C)NC(=O)NC1(C(=O)O)CCOCC1. The Balaban J connectivity index is 2.63. The van der Waals surface area contributed by atoms with Crippen molar-refractivity contribution in [1.29, 1.82) is 0 Å². The van der Waals surface area contributed by atoms with Gasteiger partial charge in [-0.1, -0.05) is 6.08 Å². The van der Waals surface area contributed by atoms with Gasteiger partial charge in [0, 0.05) is 32.1 Å². The van der Waals surface area contributed by atoms with Crippen molar-refractivity contribution in [2.24, 2.45) is 0 Å². The number of amides is 2. The molecule has 0 aromatic heterocycles. The monoisotopic (exact) mass is 242 g/mol. The van der Waals surface area contributed by atoms with Crippen LogP contribution >= 0.6 is 0 Å². The lowest BCUT2D eigenvalue weighted by Crippen LogP contribution is -2.60. The van der Waals surface area contributed by atoms with Crippen molar-refractivity contribution in [2.75, 3.05) is 13.2 Å². The summed E-state index contributed by atoms with van der Waals surface area (Å²) in [6.45, 7) is 5.96. The van der Waals surface area contributed by atoms with Crippen molar-refractivity contribution in [3.63, 3.8) is 0 Å². The molecule has 0 saturated carbocycles. The molecule has 2 amide bonds. The largest absolute Gasteiger partial charge is 0.480 e. The summed E-state index contributed by atoms with van der Waals surface area (Å²) in [4.78, 5) is 22.9. The fourth-order valence-corrected chi connectivity index (χ4v) is 1.63. The molecule has 1 heterocycles. The first-order valence-electron chi connectivity index (χ1n) is 5.52. The molecule has 0 spiro atoms. The first kappa shape index (κ1) is 13.5. The summed E-state index contributed by atoms with van der Waals surface area (Å²) in [5.74, 6) is -1.03. The lowest BCUT2D eigenvalue weighted by atomic mass is 9.90. The van der Waals surface area contributed by atoms with Gasteiger partial charge in [-0.05, 0) is 6.92 Å². The second kappa shape index (κ2) is 5.67. The zero-order valence-corrected chi connectivity index (χ0v) is 9.86. The standard InChI is InChI=1S/C11H18N2O4/c1-3-8(2)12-10(16)13-11(9(14)15)4-6-17-7-5-11/h3,8H,1,4-7H2,2H3,(H,14,15)(H2,12,13,16). The minimum atomic E-state index is -1.22. The molecule has 1 unspecified atom stereocenters. The van der Waals surface area contributed by atoms with Crippen molar-refractivity contribution in [3.8, 4) is 0 Å². The summed E-state index contributed by atoms with van der Waals surface area (Å²) in [6, 6.07) is -0.706. The van der Waals surface area contributed by atoms with Gasteiger partial charge >= 0.3 is 12.0 Å². The molecule has 0 aliphatic carbocycles. The Hall–Kier alpha value is -1.56. The van der Waals surface area contributed by atoms with E-state index in [1.54, 1.807) is 13.0 Å². The second-order valence-electron chi connectivity index (χ2n) is 4.12. The van der Waals surface area contributed by atoms with Gasteiger partial charge in [0.25, 0.3) is 0 Å². The summed E-state index contributed by atoms with van der Waals surface area (Å²) in [5.41, 5.74) is -1.22. The average molecular weight is 242 g/mol. The Bertz CT molecular complexity index is 311. The molecule has 3 N–H and O–H groups in total. The van der Waals surface area contributed by atoms with E-state index in [0.29, 0.717) is 13.2 Å². The maximum Gasteiger partial charge on any atom is 0.329 e. The fourth-order valence-electron chi connectivity index (χ4n) is 1.63. The van der Waals surface area contributed by atoms with Crippen LogP contribution in [0.1, 0.15) is 19.8 Å². The lowest BCUT2D eigenvalue weighted by molar-refractivity contribution is -0.148. The first-order chi connectivity index (χ1) is 8.00. The van der Waals surface area contributed by atoms with Crippen LogP contribution < -0.4 is 10.6 Å². The summed E-state index contributed by atoms with van der Waals surface area (Å²) >= 11 is 0. The van der Waals surface area contributed by atoms with E-state index in [4.69, 9.17) is 4.74 Å². The van der Waals surface area contributed by atoms with Crippen LogP contribution in [0.15, 0.2) is 12.7 Å². The molecule has 1 rings (SSSR count). The van der Waals surface area contributed by atoms with Gasteiger partial charge in [-0.25, -0.2) is 9.59 Å². The summed E-state index contributed by atoms with van der Waals surface area (Å²) < 4.78 is 5.11. The second-order valence-corrected chi connectivity index (χ2v) is 4.12. The van der Waals surface area contributed by atoms with Crippen LogP contribution in [0.4, 0.5) is 4.79 Å². The minimum absolute atomic E-state index is 0.208. The Labute approximate surface area is 100 Å². The summed E-state index contributed by atoms with van der Waals surface area (Å²) in [7, 11) is 0. The summed E-state index contributed by atoms with van der Waals surface area (Å²) in [5, 5.41) is 14.3. The molecule has 0 radical (unpaired) electrons. The van der Waals surface area contributed by atoms with Crippen molar-refractivity contribution < 1.29 is 19.4 Å². The molecule has 1 aliphatic rings. The van der Waals surface area contributed by atoms with Crippen LogP contribution in [-0.4, -0.2) is 41.9 Å². The molecular weight excluding hydrogens is 224 g/mol.